The third kappa shape index (κ3) is 2.86. The highest BCUT2D eigenvalue weighted by Gasteiger charge is 2.32. The van der Waals surface area contributed by atoms with Crippen molar-refractivity contribution in [3.63, 3.8) is 0 Å². The summed E-state index contributed by atoms with van der Waals surface area (Å²) in [6, 6.07) is 1.96. The van der Waals surface area contributed by atoms with Gasteiger partial charge in [-0.25, -0.2) is 9.78 Å². The van der Waals surface area contributed by atoms with Gasteiger partial charge in [0.05, 0.1) is 19.0 Å². The number of carbonyl (C=O) groups excluding carboxylic acids is 1. The van der Waals surface area contributed by atoms with E-state index < -0.39 is 5.97 Å². The number of nitrogens with two attached hydrogens (primary N) is 1. The fourth-order valence-electron chi connectivity index (χ4n) is 3.06. The fraction of sp³-hybridized carbons (Fsp3) is 0.600. The molecule has 1 aliphatic rings. The molecule has 0 amide bonds. The maximum absolute atomic E-state index is 11.8. The van der Waals surface area contributed by atoms with Crippen LogP contribution in [0.1, 0.15) is 43.5 Å². The van der Waals surface area contributed by atoms with Crippen LogP contribution in [0, 0.1) is 11.8 Å². The van der Waals surface area contributed by atoms with E-state index in [-0.39, 0.29) is 0 Å². The van der Waals surface area contributed by atoms with E-state index in [1.807, 2.05) is 0 Å². The normalized spacial score (nSPS) is 25.4. The second kappa shape index (κ2) is 6.11. The Hall–Kier alpha value is -1.78. The molecule has 20 heavy (non-hydrogen) atoms. The van der Waals surface area contributed by atoms with E-state index in [4.69, 9.17) is 10.5 Å². The molecule has 1 heterocycles. The van der Waals surface area contributed by atoms with Gasteiger partial charge < -0.3 is 15.8 Å². The Labute approximate surface area is 119 Å². The van der Waals surface area contributed by atoms with E-state index in [1.54, 1.807) is 12.3 Å². The first-order valence-corrected chi connectivity index (χ1v) is 7.17. The number of aromatic nitrogens is 1. The van der Waals surface area contributed by atoms with Crippen LogP contribution in [-0.4, -0.2) is 24.1 Å². The first-order chi connectivity index (χ1) is 9.56. The Morgan fingerprint density at radius 1 is 1.55 bits per heavy atom. The molecular weight excluding hydrogens is 254 g/mol. The number of hydrogen-bond acceptors (Lipinski definition) is 5. The average Bonchev–Trinajstić information content (AvgIpc) is 2.80. The zero-order chi connectivity index (χ0) is 14.7. The standard InChI is InChI=1S/C15H23N3O2/c1-4-10-5-6-13(9(10)2)18-14-12(15(19)20-3)7-11(16)8-17-14/h7-10,13H,4-6,16H2,1-3H3,(H,17,18). The van der Waals surface area contributed by atoms with Gasteiger partial charge in [0, 0.05) is 6.04 Å². The number of rotatable bonds is 4. The highest BCUT2D eigenvalue weighted by atomic mass is 16.5. The maximum atomic E-state index is 11.8. The molecular formula is C15H23N3O2. The van der Waals surface area contributed by atoms with Crippen molar-refractivity contribution in [2.24, 2.45) is 11.8 Å². The van der Waals surface area contributed by atoms with Crippen LogP contribution in [0.15, 0.2) is 12.3 Å². The second-order valence-electron chi connectivity index (χ2n) is 5.51. The Bertz CT molecular complexity index is 490. The average molecular weight is 277 g/mol. The maximum Gasteiger partial charge on any atom is 0.341 e. The molecule has 2 rings (SSSR count). The number of ether oxygens (including phenoxy) is 1. The van der Waals surface area contributed by atoms with Crippen LogP contribution < -0.4 is 11.1 Å². The fourth-order valence-corrected chi connectivity index (χ4v) is 3.06. The Kier molecular flexibility index (Phi) is 4.47. The minimum atomic E-state index is -0.412. The van der Waals surface area contributed by atoms with Crippen LogP contribution in [0.5, 0.6) is 0 Å². The molecule has 0 spiro atoms. The molecule has 1 aromatic heterocycles. The van der Waals surface area contributed by atoms with E-state index in [9.17, 15) is 4.79 Å². The third-order valence-electron chi connectivity index (χ3n) is 4.39. The van der Waals surface area contributed by atoms with Crippen LogP contribution in [0.2, 0.25) is 0 Å². The van der Waals surface area contributed by atoms with E-state index in [0.29, 0.717) is 29.0 Å². The zero-order valence-electron chi connectivity index (χ0n) is 12.3. The van der Waals surface area contributed by atoms with Crippen molar-refractivity contribution >= 4 is 17.5 Å². The lowest BCUT2D eigenvalue weighted by atomic mass is 9.93. The number of pyridine rings is 1. The summed E-state index contributed by atoms with van der Waals surface area (Å²) in [5.41, 5.74) is 6.56. The highest BCUT2D eigenvalue weighted by molar-refractivity contribution is 5.95. The third-order valence-corrected chi connectivity index (χ3v) is 4.39. The molecule has 0 bridgehead atoms. The number of carbonyl (C=O) groups is 1. The molecule has 1 fully saturated rings. The van der Waals surface area contributed by atoms with Crippen molar-refractivity contribution in [2.45, 2.75) is 39.2 Å². The van der Waals surface area contributed by atoms with Crippen LogP contribution in [0.4, 0.5) is 11.5 Å². The van der Waals surface area contributed by atoms with Gasteiger partial charge in [0.15, 0.2) is 0 Å². The van der Waals surface area contributed by atoms with Crippen LogP contribution in [0.25, 0.3) is 0 Å². The van der Waals surface area contributed by atoms with Gasteiger partial charge in [-0.2, -0.15) is 0 Å². The summed E-state index contributed by atoms with van der Waals surface area (Å²) in [6.45, 7) is 4.48. The lowest BCUT2D eigenvalue weighted by Gasteiger charge is -2.22. The van der Waals surface area contributed by atoms with Gasteiger partial charge in [-0.1, -0.05) is 20.3 Å². The predicted octanol–water partition coefficient (Wildman–Crippen LogP) is 2.69. The number of nitrogens with zero attached hydrogens (tertiary/aromatic N) is 1. The molecule has 0 saturated heterocycles. The van der Waals surface area contributed by atoms with Crippen LogP contribution >= 0.6 is 0 Å². The summed E-state index contributed by atoms with van der Waals surface area (Å²) in [7, 11) is 1.36. The quantitative estimate of drug-likeness (QED) is 0.827. The van der Waals surface area contributed by atoms with Crippen molar-refractivity contribution in [3.05, 3.63) is 17.8 Å². The first-order valence-electron chi connectivity index (χ1n) is 7.17. The zero-order valence-corrected chi connectivity index (χ0v) is 12.3. The lowest BCUT2D eigenvalue weighted by Crippen LogP contribution is -2.26. The highest BCUT2D eigenvalue weighted by Crippen LogP contribution is 2.36. The minimum Gasteiger partial charge on any atom is -0.465 e. The summed E-state index contributed by atoms with van der Waals surface area (Å²) < 4.78 is 4.79. The number of anilines is 2. The topological polar surface area (TPSA) is 77.2 Å². The summed E-state index contributed by atoms with van der Waals surface area (Å²) in [5, 5.41) is 3.40. The monoisotopic (exact) mass is 277 g/mol. The number of methoxy groups -OCH3 is 1. The van der Waals surface area contributed by atoms with Crippen molar-refractivity contribution < 1.29 is 9.53 Å². The van der Waals surface area contributed by atoms with Gasteiger partial charge in [-0.15, -0.1) is 0 Å². The molecule has 3 N–H and O–H groups in total. The van der Waals surface area contributed by atoms with Crippen molar-refractivity contribution in [3.8, 4) is 0 Å². The van der Waals surface area contributed by atoms with Gasteiger partial charge >= 0.3 is 5.97 Å². The number of hydrogen-bond donors (Lipinski definition) is 2. The molecule has 110 valence electrons. The van der Waals surface area contributed by atoms with Gasteiger partial charge in [0.1, 0.15) is 11.4 Å². The SMILES string of the molecule is CCC1CCC(Nc2ncc(N)cc2C(=O)OC)C1C. The molecule has 1 saturated carbocycles. The summed E-state index contributed by atoms with van der Waals surface area (Å²) in [5.74, 6) is 1.47. The van der Waals surface area contributed by atoms with Crippen LogP contribution in [-0.2, 0) is 4.74 Å². The van der Waals surface area contributed by atoms with E-state index >= 15 is 0 Å². The van der Waals surface area contributed by atoms with E-state index in [1.165, 1.54) is 20.0 Å². The van der Waals surface area contributed by atoms with E-state index in [0.717, 1.165) is 12.3 Å². The largest absolute Gasteiger partial charge is 0.465 e. The molecule has 1 aliphatic carbocycles. The van der Waals surface area contributed by atoms with Gasteiger partial charge in [-0.05, 0) is 30.7 Å². The smallest absolute Gasteiger partial charge is 0.341 e. The summed E-state index contributed by atoms with van der Waals surface area (Å²) >= 11 is 0. The van der Waals surface area contributed by atoms with Gasteiger partial charge in [-0.3, -0.25) is 0 Å². The van der Waals surface area contributed by atoms with Gasteiger partial charge in [0.25, 0.3) is 0 Å². The Balaban J connectivity index is 2.19. The second-order valence-corrected chi connectivity index (χ2v) is 5.51. The van der Waals surface area contributed by atoms with Gasteiger partial charge in [0.2, 0.25) is 0 Å². The van der Waals surface area contributed by atoms with Crippen molar-refractivity contribution in [2.75, 3.05) is 18.2 Å². The lowest BCUT2D eigenvalue weighted by molar-refractivity contribution is 0.0601. The number of esters is 1. The van der Waals surface area contributed by atoms with Crippen LogP contribution in [0.3, 0.4) is 0 Å². The molecule has 3 atom stereocenters. The van der Waals surface area contributed by atoms with E-state index in [2.05, 4.69) is 24.1 Å². The molecule has 1 aromatic rings. The molecule has 0 radical (unpaired) electrons. The van der Waals surface area contributed by atoms with Crippen molar-refractivity contribution in [1.29, 1.82) is 0 Å². The summed E-state index contributed by atoms with van der Waals surface area (Å²) in [6.07, 6.45) is 5.08. The Morgan fingerprint density at radius 3 is 2.90 bits per heavy atom. The molecule has 5 nitrogen and oxygen atoms in total. The minimum absolute atomic E-state index is 0.347. The molecule has 0 aromatic carbocycles. The summed E-state index contributed by atoms with van der Waals surface area (Å²) in [4.78, 5) is 16.1. The predicted molar refractivity (Wildman–Crippen MR) is 79.6 cm³/mol. The molecule has 0 aliphatic heterocycles. The first kappa shape index (κ1) is 14.6. The molecule has 5 heteroatoms. The van der Waals surface area contributed by atoms with Crippen molar-refractivity contribution in [1.82, 2.24) is 4.98 Å². The Morgan fingerprint density at radius 2 is 2.30 bits per heavy atom. The molecule has 3 unspecified atom stereocenters. The number of nitrogen functional groups attached to an aromatic ring is 1. The number of nitrogens with one attached hydrogen (secondary N) is 1.